The van der Waals surface area contributed by atoms with Crippen LogP contribution in [0.1, 0.15) is 92.5 Å². The fourth-order valence-electron chi connectivity index (χ4n) is 9.33. The van der Waals surface area contributed by atoms with Gasteiger partial charge in [0.2, 0.25) is 0 Å². The Labute approximate surface area is 280 Å². The molecule has 6 nitrogen and oxygen atoms in total. The third kappa shape index (κ3) is 6.79. The van der Waals surface area contributed by atoms with Gasteiger partial charge in [0.15, 0.2) is 0 Å². The lowest BCUT2D eigenvalue weighted by Crippen LogP contribution is -2.51. The Morgan fingerprint density at radius 1 is 0.809 bits per heavy atom. The number of amides is 2. The summed E-state index contributed by atoms with van der Waals surface area (Å²) >= 11 is 0. The summed E-state index contributed by atoms with van der Waals surface area (Å²) in [7, 11) is 0. The molecule has 1 N–H and O–H groups in total. The summed E-state index contributed by atoms with van der Waals surface area (Å²) in [6.07, 6.45) is 8.18. The topological polar surface area (TPSA) is 61.9 Å². The SMILES string of the molecule is CCOc1cccc(-c2cc(C(=O)N3CCN(c4ccc(C(=O)NCC56CC7CC(CC(C7)C5)C6)cc4)CC3)cc(C(C)(C)C)c2)c1. The van der Waals surface area contributed by atoms with Crippen LogP contribution in [0.3, 0.4) is 0 Å². The predicted molar refractivity (Wildman–Crippen MR) is 189 cm³/mol. The number of hydrogen-bond acceptors (Lipinski definition) is 4. The zero-order valence-corrected chi connectivity index (χ0v) is 28.7. The first-order chi connectivity index (χ1) is 22.6. The fourth-order valence-corrected chi connectivity index (χ4v) is 9.33. The van der Waals surface area contributed by atoms with Crippen molar-refractivity contribution in [2.75, 3.05) is 44.2 Å². The van der Waals surface area contributed by atoms with E-state index in [2.05, 4.69) is 67.4 Å². The number of carbonyl (C=O) groups is 2. The van der Waals surface area contributed by atoms with Crippen LogP contribution >= 0.6 is 0 Å². The van der Waals surface area contributed by atoms with Crippen molar-refractivity contribution in [3.63, 3.8) is 0 Å². The Hall–Kier alpha value is -3.80. The van der Waals surface area contributed by atoms with Gasteiger partial charge in [-0.05, 0) is 139 Å². The highest BCUT2D eigenvalue weighted by Crippen LogP contribution is 2.59. The number of carbonyl (C=O) groups excluding carboxylic acids is 2. The number of benzene rings is 3. The quantitative estimate of drug-likeness (QED) is 0.274. The van der Waals surface area contributed by atoms with Gasteiger partial charge >= 0.3 is 0 Å². The molecule has 4 bridgehead atoms. The Balaban J connectivity index is 0.976. The van der Waals surface area contributed by atoms with Crippen LogP contribution in [0.5, 0.6) is 5.75 Å². The van der Waals surface area contributed by atoms with Crippen LogP contribution in [0.4, 0.5) is 5.69 Å². The Morgan fingerprint density at radius 3 is 2.09 bits per heavy atom. The molecule has 3 aromatic rings. The summed E-state index contributed by atoms with van der Waals surface area (Å²) in [5, 5.41) is 3.32. The normalized spacial score (nSPS) is 25.1. The van der Waals surface area contributed by atoms with E-state index in [0.717, 1.165) is 76.6 Å². The van der Waals surface area contributed by atoms with Gasteiger partial charge in [0.05, 0.1) is 6.61 Å². The molecule has 6 heteroatoms. The first kappa shape index (κ1) is 31.8. The van der Waals surface area contributed by atoms with Crippen molar-refractivity contribution in [3.05, 3.63) is 83.4 Å². The lowest BCUT2D eigenvalue weighted by Gasteiger charge is -2.56. The predicted octanol–water partition coefficient (Wildman–Crippen LogP) is 7.96. The molecule has 5 aliphatic rings. The van der Waals surface area contributed by atoms with Crippen LogP contribution in [0.15, 0.2) is 66.7 Å². The van der Waals surface area contributed by atoms with Crippen molar-refractivity contribution >= 4 is 17.5 Å². The summed E-state index contributed by atoms with van der Waals surface area (Å²) < 4.78 is 5.75. The Bertz CT molecular complexity index is 1580. The minimum Gasteiger partial charge on any atom is -0.494 e. The fraction of sp³-hybridized carbons (Fsp3) is 0.512. The van der Waals surface area contributed by atoms with Crippen LogP contribution in [0, 0.1) is 23.2 Å². The van der Waals surface area contributed by atoms with Gasteiger partial charge in [-0.3, -0.25) is 9.59 Å². The third-order valence-corrected chi connectivity index (χ3v) is 11.4. The van der Waals surface area contributed by atoms with E-state index in [1.807, 2.05) is 42.2 Å². The molecule has 8 rings (SSSR count). The minimum absolute atomic E-state index is 0.0455. The van der Waals surface area contributed by atoms with Gasteiger partial charge < -0.3 is 19.9 Å². The van der Waals surface area contributed by atoms with Crippen molar-refractivity contribution in [1.29, 1.82) is 0 Å². The van der Waals surface area contributed by atoms with Crippen LogP contribution in [0.25, 0.3) is 11.1 Å². The highest BCUT2D eigenvalue weighted by atomic mass is 16.5. The van der Waals surface area contributed by atoms with E-state index < -0.39 is 0 Å². The van der Waals surface area contributed by atoms with Crippen molar-refractivity contribution in [3.8, 4) is 16.9 Å². The van der Waals surface area contributed by atoms with Crippen LogP contribution in [0.2, 0.25) is 0 Å². The lowest BCUT2D eigenvalue weighted by atomic mass is 9.49. The standard InChI is InChI=1S/C41H51N3O3/c1-5-47-37-8-6-7-32(23-37)33-20-34(22-35(21-33)40(2,3)4)39(46)44-15-13-43(14-16-44)36-11-9-31(10-12-36)38(45)42-27-41-24-28-17-29(25-41)19-30(18-28)26-41/h6-12,20-23,28-30H,5,13-19,24-27H2,1-4H3,(H,42,45). The van der Waals surface area contributed by atoms with Gasteiger partial charge in [0.1, 0.15) is 5.75 Å². The van der Waals surface area contributed by atoms with E-state index in [-0.39, 0.29) is 17.2 Å². The number of anilines is 1. The number of nitrogens with one attached hydrogen (secondary N) is 1. The van der Waals surface area contributed by atoms with E-state index in [4.69, 9.17) is 4.74 Å². The van der Waals surface area contributed by atoms with E-state index >= 15 is 0 Å². The second kappa shape index (κ2) is 12.7. The first-order valence-electron chi connectivity index (χ1n) is 17.9. The zero-order chi connectivity index (χ0) is 32.8. The van der Waals surface area contributed by atoms with Gasteiger partial charge in [0.25, 0.3) is 11.8 Å². The zero-order valence-electron chi connectivity index (χ0n) is 28.7. The molecule has 0 atom stereocenters. The maximum Gasteiger partial charge on any atom is 0.254 e. The molecule has 1 aliphatic heterocycles. The average molecular weight is 634 g/mol. The molecular formula is C41H51N3O3. The molecule has 0 unspecified atom stereocenters. The molecule has 0 aromatic heterocycles. The molecule has 248 valence electrons. The van der Waals surface area contributed by atoms with Crippen molar-refractivity contribution in [2.24, 2.45) is 23.2 Å². The Kier molecular flexibility index (Phi) is 8.57. The number of rotatable bonds is 8. The van der Waals surface area contributed by atoms with Gasteiger partial charge in [-0.15, -0.1) is 0 Å². The summed E-state index contributed by atoms with van der Waals surface area (Å²) in [4.78, 5) is 31.3. The highest BCUT2D eigenvalue weighted by Gasteiger charge is 2.50. The monoisotopic (exact) mass is 633 g/mol. The molecule has 5 fully saturated rings. The smallest absolute Gasteiger partial charge is 0.254 e. The molecule has 2 amide bonds. The molecule has 0 spiro atoms. The summed E-state index contributed by atoms with van der Waals surface area (Å²) in [6, 6.07) is 22.5. The van der Waals surface area contributed by atoms with Crippen LogP contribution in [-0.2, 0) is 5.41 Å². The largest absolute Gasteiger partial charge is 0.494 e. The number of hydrogen-bond donors (Lipinski definition) is 1. The number of nitrogens with zero attached hydrogens (tertiary/aromatic N) is 2. The van der Waals surface area contributed by atoms with Crippen molar-refractivity contribution in [1.82, 2.24) is 10.2 Å². The van der Waals surface area contributed by atoms with E-state index in [1.165, 1.54) is 38.5 Å². The first-order valence-corrected chi connectivity index (χ1v) is 17.9. The number of piperazine rings is 1. The molecular weight excluding hydrogens is 582 g/mol. The van der Waals surface area contributed by atoms with Crippen molar-refractivity contribution in [2.45, 2.75) is 71.6 Å². The van der Waals surface area contributed by atoms with Crippen molar-refractivity contribution < 1.29 is 14.3 Å². The van der Waals surface area contributed by atoms with E-state index in [1.54, 1.807) is 0 Å². The average Bonchev–Trinajstić information content (AvgIpc) is 3.06. The second-order valence-corrected chi connectivity index (χ2v) is 15.9. The van der Waals surface area contributed by atoms with Gasteiger partial charge in [-0.1, -0.05) is 39.0 Å². The minimum atomic E-state index is -0.0981. The molecule has 4 saturated carbocycles. The van der Waals surface area contributed by atoms with Crippen LogP contribution < -0.4 is 15.0 Å². The van der Waals surface area contributed by atoms with Crippen LogP contribution in [-0.4, -0.2) is 56.0 Å². The molecule has 1 saturated heterocycles. The molecule has 4 aliphatic carbocycles. The summed E-state index contributed by atoms with van der Waals surface area (Å²) in [6.45, 7) is 12.8. The number of ether oxygens (including phenoxy) is 1. The molecule has 47 heavy (non-hydrogen) atoms. The molecule has 1 heterocycles. The summed E-state index contributed by atoms with van der Waals surface area (Å²) in [5.41, 5.74) is 6.01. The Morgan fingerprint density at radius 2 is 1.47 bits per heavy atom. The maximum absolute atomic E-state index is 13.9. The lowest BCUT2D eigenvalue weighted by molar-refractivity contribution is -0.0503. The molecule has 0 radical (unpaired) electrons. The van der Waals surface area contributed by atoms with Gasteiger partial charge in [-0.25, -0.2) is 0 Å². The summed E-state index contributed by atoms with van der Waals surface area (Å²) in [5.74, 6) is 3.63. The second-order valence-electron chi connectivity index (χ2n) is 15.9. The third-order valence-electron chi connectivity index (χ3n) is 11.4. The van der Waals surface area contributed by atoms with E-state index in [9.17, 15) is 9.59 Å². The maximum atomic E-state index is 13.9. The highest BCUT2D eigenvalue weighted by molar-refractivity contribution is 5.96. The van der Waals surface area contributed by atoms with Gasteiger partial charge in [-0.2, -0.15) is 0 Å². The molecule has 3 aromatic carbocycles. The van der Waals surface area contributed by atoms with E-state index in [0.29, 0.717) is 25.1 Å². The van der Waals surface area contributed by atoms with Gasteiger partial charge in [0, 0.05) is 49.5 Å².